The molecule has 0 spiro atoms. The summed E-state index contributed by atoms with van der Waals surface area (Å²) in [5.74, 6) is -1.28. The molecule has 7 nitrogen and oxygen atoms in total. The average molecular weight is 348 g/mol. The van der Waals surface area contributed by atoms with E-state index < -0.39 is 17.9 Å². The Kier molecular flexibility index (Phi) is 5.75. The lowest BCUT2D eigenvalue weighted by molar-refractivity contribution is -0.135. The van der Waals surface area contributed by atoms with Crippen molar-refractivity contribution in [1.29, 1.82) is 15.8 Å². The van der Waals surface area contributed by atoms with E-state index in [-0.39, 0.29) is 28.7 Å². The van der Waals surface area contributed by atoms with Gasteiger partial charge in [-0.25, -0.2) is 4.79 Å². The van der Waals surface area contributed by atoms with Gasteiger partial charge in [-0.3, -0.25) is 0 Å². The minimum atomic E-state index is -1.16. The second-order valence-corrected chi connectivity index (χ2v) is 5.52. The van der Waals surface area contributed by atoms with Crippen molar-refractivity contribution in [2.75, 3.05) is 14.2 Å². The summed E-state index contributed by atoms with van der Waals surface area (Å²) in [7, 11) is 2.72. The van der Waals surface area contributed by atoms with Crippen LogP contribution in [0.25, 0.3) is 5.57 Å². The van der Waals surface area contributed by atoms with E-state index in [4.69, 9.17) is 15.2 Å². The highest BCUT2D eigenvalue weighted by atomic mass is 16.5. The number of hydrogen-bond donors (Lipinski definition) is 1. The molecule has 1 aliphatic rings. The number of carbonyl (C=O) groups excluding carboxylic acids is 1. The Morgan fingerprint density at radius 3 is 2.27 bits per heavy atom. The maximum Gasteiger partial charge on any atom is 0.338 e. The number of nitrogens with zero attached hydrogens (tertiary/aromatic N) is 3. The van der Waals surface area contributed by atoms with Gasteiger partial charge in [-0.2, -0.15) is 15.8 Å². The number of ether oxygens (including phenoxy) is 2. The van der Waals surface area contributed by atoms with Gasteiger partial charge in [0, 0.05) is 11.6 Å². The first-order valence-corrected chi connectivity index (χ1v) is 7.67. The minimum absolute atomic E-state index is 0.0454. The fourth-order valence-corrected chi connectivity index (χ4v) is 2.90. The van der Waals surface area contributed by atoms with Crippen LogP contribution in [-0.2, 0) is 9.53 Å². The monoisotopic (exact) mass is 348 g/mol. The van der Waals surface area contributed by atoms with Crippen molar-refractivity contribution in [2.24, 2.45) is 11.7 Å². The fraction of sp³-hybridized carbons (Fsp3) is 0.263. The Labute approximate surface area is 151 Å². The standard InChI is InChI=1S/C19H16N4O3/c1-25-13-5-3-11(4-6-13)17-15(10-22)16(23)7-14(12(8-20)9-21)18(17)19(24)26-2/h3-6,12,16H,7,23H2,1-2H3. The molecule has 0 fully saturated rings. The number of nitrogens with two attached hydrogens (primary N) is 1. The first-order chi connectivity index (χ1) is 12.5. The molecule has 1 aromatic carbocycles. The normalized spacial score (nSPS) is 16.6. The summed E-state index contributed by atoms with van der Waals surface area (Å²) in [6.07, 6.45) is 0.0543. The zero-order valence-electron chi connectivity index (χ0n) is 14.3. The molecule has 1 unspecified atom stereocenters. The Balaban J connectivity index is 2.82. The number of hydrogen-bond acceptors (Lipinski definition) is 7. The van der Waals surface area contributed by atoms with Crippen molar-refractivity contribution < 1.29 is 14.3 Å². The Morgan fingerprint density at radius 1 is 1.19 bits per heavy atom. The van der Waals surface area contributed by atoms with Crippen LogP contribution in [0, 0.1) is 39.9 Å². The van der Waals surface area contributed by atoms with E-state index in [1.165, 1.54) is 14.2 Å². The number of nitriles is 3. The molecule has 2 rings (SSSR count). The predicted octanol–water partition coefficient (Wildman–Crippen LogP) is 1.84. The molecular weight excluding hydrogens is 332 g/mol. The maximum atomic E-state index is 12.5. The van der Waals surface area contributed by atoms with Crippen molar-refractivity contribution >= 4 is 11.5 Å². The molecule has 0 aliphatic heterocycles. The van der Waals surface area contributed by atoms with Gasteiger partial charge in [0.25, 0.3) is 0 Å². The molecule has 130 valence electrons. The zero-order chi connectivity index (χ0) is 19.3. The Hall–Kier alpha value is -3.60. The van der Waals surface area contributed by atoms with Crippen molar-refractivity contribution in [3.8, 4) is 24.0 Å². The quantitative estimate of drug-likeness (QED) is 0.821. The largest absolute Gasteiger partial charge is 0.497 e. The lowest BCUT2D eigenvalue weighted by atomic mass is 9.76. The van der Waals surface area contributed by atoms with Crippen molar-refractivity contribution in [2.45, 2.75) is 12.5 Å². The van der Waals surface area contributed by atoms with Gasteiger partial charge in [0.15, 0.2) is 5.92 Å². The van der Waals surface area contributed by atoms with Gasteiger partial charge < -0.3 is 15.2 Å². The van der Waals surface area contributed by atoms with E-state index in [1.807, 2.05) is 12.1 Å². The lowest BCUT2D eigenvalue weighted by Crippen LogP contribution is -2.31. The van der Waals surface area contributed by atoms with E-state index in [1.54, 1.807) is 24.3 Å². The van der Waals surface area contributed by atoms with Crippen LogP contribution in [0.5, 0.6) is 5.75 Å². The van der Waals surface area contributed by atoms with Gasteiger partial charge in [-0.15, -0.1) is 0 Å². The number of carbonyl (C=O) groups is 1. The third-order valence-corrected chi connectivity index (χ3v) is 4.15. The summed E-state index contributed by atoms with van der Waals surface area (Å²) in [5.41, 5.74) is 7.45. The summed E-state index contributed by atoms with van der Waals surface area (Å²) in [4.78, 5) is 12.5. The number of methoxy groups -OCH3 is 2. The van der Waals surface area contributed by atoms with E-state index in [0.717, 1.165) is 0 Å². The third kappa shape index (κ3) is 3.28. The van der Waals surface area contributed by atoms with Gasteiger partial charge >= 0.3 is 5.97 Å². The second-order valence-electron chi connectivity index (χ2n) is 5.52. The van der Waals surface area contributed by atoms with Gasteiger partial charge in [0.2, 0.25) is 0 Å². The molecule has 0 saturated heterocycles. The van der Waals surface area contributed by atoms with Gasteiger partial charge in [-0.05, 0) is 29.7 Å². The minimum Gasteiger partial charge on any atom is -0.497 e. The number of benzene rings is 1. The highest BCUT2D eigenvalue weighted by molar-refractivity contribution is 6.09. The van der Waals surface area contributed by atoms with Crippen LogP contribution in [-0.4, -0.2) is 26.2 Å². The smallest absolute Gasteiger partial charge is 0.338 e. The number of esters is 1. The molecule has 26 heavy (non-hydrogen) atoms. The van der Waals surface area contributed by atoms with Crippen LogP contribution in [0.3, 0.4) is 0 Å². The predicted molar refractivity (Wildman–Crippen MR) is 91.9 cm³/mol. The molecule has 0 radical (unpaired) electrons. The second kappa shape index (κ2) is 7.98. The Bertz CT molecular complexity index is 894. The molecule has 0 aromatic heterocycles. The van der Waals surface area contributed by atoms with Crippen molar-refractivity contribution in [1.82, 2.24) is 0 Å². The van der Waals surface area contributed by atoms with Gasteiger partial charge in [-0.1, -0.05) is 12.1 Å². The highest BCUT2D eigenvalue weighted by Gasteiger charge is 2.35. The van der Waals surface area contributed by atoms with E-state index in [9.17, 15) is 20.6 Å². The fourth-order valence-electron chi connectivity index (χ4n) is 2.90. The van der Waals surface area contributed by atoms with E-state index >= 15 is 0 Å². The van der Waals surface area contributed by atoms with Gasteiger partial charge in [0.1, 0.15) is 5.75 Å². The lowest BCUT2D eigenvalue weighted by Gasteiger charge is -2.27. The van der Waals surface area contributed by atoms with Crippen LogP contribution < -0.4 is 10.5 Å². The van der Waals surface area contributed by atoms with Crippen LogP contribution in [0.1, 0.15) is 12.0 Å². The molecule has 0 heterocycles. The van der Waals surface area contributed by atoms with Crippen molar-refractivity contribution in [3.63, 3.8) is 0 Å². The summed E-state index contributed by atoms with van der Waals surface area (Å²) in [6.45, 7) is 0. The first kappa shape index (κ1) is 18.7. The Morgan fingerprint density at radius 2 is 1.81 bits per heavy atom. The SMILES string of the molecule is COC(=O)C1=C(C(C#N)C#N)CC(N)C(C#N)=C1c1ccc(OC)cc1. The number of rotatable bonds is 4. The van der Waals surface area contributed by atoms with E-state index in [2.05, 4.69) is 6.07 Å². The maximum absolute atomic E-state index is 12.5. The van der Waals surface area contributed by atoms with Crippen LogP contribution in [0.2, 0.25) is 0 Å². The molecule has 7 heteroatoms. The molecule has 1 aliphatic carbocycles. The van der Waals surface area contributed by atoms with Gasteiger partial charge in [0.05, 0.1) is 43.6 Å². The summed E-state index contributed by atoms with van der Waals surface area (Å²) >= 11 is 0. The molecular formula is C19H16N4O3. The molecule has 1 aromatic rings. The zero-order valence-corrected chi connectivity index (χ0v) is 14.3. The summed E-state index contributed by atoms with van der Waals surface area (Å²) in [5, 5.41) is 28.2. The van der Waals surface area contributed by atoms with Crippen LogP contribution >= 0.6 is 0 Å². The molecule has 1 atom stereocenters. The summed E-state index contributed by atoms with van der Waals surface area (Å²) in [6, 6.07) is 11.8. The average Bonchev–Trinajstić information content (AvgIpc) is 2.68. The third-order valence-electron chi connectivity index (χ3n) is 4.15. The molecule has 0 bridgehead atoms. The van der Waals surface area contributed by atoms with Crippen LogP contribution in [0.15, 0.2) is 41.0 Å². The molecule has 2 N–H and O–H groups in total. The molecule has 0 amide bonds. The van der Waals surface area contributed by atoms with Crippen molar-refractivity contribution in [3.05, 3.63) is 46.5 Å². The van der Waals surface area contributed by atoms with E-state index in [0.29, 0.717) is 11.3 Å². The van der Waals surface area contributed by atoms with Crippen LogP contribution in [0.4, 0.5) is 0 Å². The highest BCUT2D eigenvalue weighted by Crippen LogP contribution is 2.40. The first-order valence-electron chi connectivity index (χ1n) is 7.67. The summed E-state index contributed by atoms with van der Waals surface area (Å²) < 4.78 is 9.98. The molecule has 0 saturated carbocycles. The topological polar surface area (TPSA) is 133 Å².